The van der Waals surface area contributed by atoms with Gasteiger partial charge in [-0.1, -0.05) is 47.8 Å². The Labute approximate surface area is 121 Å². The fraction of sp³-hybridized carbons (Fsp3) is 0.600. The van der Waals surface area contributed by atoms with Crippen LogP contribution in [0.1, 0.15) is 32.3 Å². The van der Waals surface area contributed by atoms with Crippen molar-refractivity contribution in [3.8, 4) is 0 Å². The molecule has 0 aliphatic heterocycles. The third-order valence-corrected chi connectivity index (χ3v) is 6.22. The monoisotopic (exact) mass is 328 g/mol. The molecular formula is C15H25BrOSi. The highest BCUT2D eigenvalue weighted by atomic mass is 79.9. The Kier molecular flexibility index (Phi) is 6.61. The van der Waals surface area contributed by atoms with E-state index in [2.05, 4.69) is 67.1 Å². The molecule has 0 N–H and O–H groups in total. The average molecular weight is 329 g/mol. The lowest BCUT2D eigenvalue weighted by Gasteiger charge is -2.27. The molecule has 0 saturated carbocycles. The minimum atomic E-state index is -1.46. The second kappa shape index (κ2) is 7.46. The largest absolute Gasteiger partial charge is 0.414 e. The Morgan fingerprint density at radius 3 is 2.39 bits per heavy atom. The van der Waals surface area contributed by atoms with Gasteiger partial charge in [0.2, 0.25) is 0 Å². The molecular weight excluding hydrogens is 304 g/mol. The van der Waals surface area contributed by atoms with Gasteiger partial charge in [-0.25, -0.2) is 0 Å². The van der Waals surface area contributed by atoms with E-state index in [1.54, 1.807) is 0 Å². The van der Waals surface area contributed by atoms with Gasteiger partial charge in [0.05, 0.1) is 0 Å². The van der Waals surface area contributed by atoms with Crippen LogP contribution < -0.4 is 0 Å². The summed E-state index contributed by atoms with van der Waals surface area (Å²) in [5, 5.41) is 0. The molecule has 1 unspecified atom stereocenters. The Morgan fingerprint density at radius 1 is 1.22 bits per heavy atom. The second-order valence-corrected chi connectivity index (χ2v) is 10.8. The van der Waals surface area contributed by atoms with Gasteiger partial charge < -0.3 is 4.43 Å². The molecule has 1 nitrogen and oxygen atoms in total. The first-order valence-electron chi connectivity index (χ1n) is 6.85. The first kappa shape index (κ1) is 15.9. The smallest absolute Gasteiger partial charge is 0.187 e. The fourth-order valence-electron chi connectivity index (χ4n) is 2.20. The molecule has 0 bridgehead atoms. The summed E-state index contributed by atoms with van der Waals surface area (Å²) in [7, 11) is -1.46. The van der Waals surface area contributed by atoms with Crippen LogP contribution in [0.2, 0.25) is 19.1 Å². The van der Waals surface area contributed by atoms with Crippen molar-refractivity contribution in [3.05, 3.63) is 34.3 Å². The summed E-state index contributed by atoms with van der Waals surface area (Å²) < 4.78 is 7.44. The van der Waals surface area contributed by atoms with Crippen molar-refractivity contribution in [3.63, 3.8) is 0 Å². The molecule has 1 aromatic rings. The minimum absolute atomic E-state index is 0.324. The number of unbranched alkanes of at least 4 members (excludes halogenated alkanes) is 1. The van der Waals surface area contributed by atoms with Crippen LogP contribution in [0.4, 0.5) is 0 Å². The van der Waals surface area contributed by atoms with Crippen molar-refractivity contribution in [1.82, 2.24) is 0 Å². The predicted molar refractivity (Wildman–Crippen MR) is 85.6 cm³/mol. The molecule has 0 amide bonds. The maximum atomic E-state index is 6.30. The number of benzene rings is 1. The average Bonchev–Trinajstić information content (AvgIpc) is 2.29. The highest BCUT2D eigenvalue weighted by molar-refractivity contribution is 9.10. The fourth-order valence-corrected chi connectivity index (χ4v) is 4.96. The summed E-state index contributed by atoms with van der Waals surface area (Å²) in [5.74, 6) is 0. The Hall–Kier alpha value is -0.123. The van der Waals surface area contributed by atoms with E-state index in [-0.39, 0.29) is 0 Å². The van der Waals surface area contributed by atoms with Crippen LogP contribution in [0.3, 0.4) is 0 Å². The van der Waals surface area contributed by atoms with Crippen molar-refractivity contribution in [2.45, 2.75) is 58.4 Å². The van der Waals surface area contributed by atoms with Gasteiger partial charge in [-0.3, -0.25) is 0 Å². The normalized spacial score (nSPS) is 13.6. The summed E-state index contributed by atoms with van der Waals surface area (Å²) in [6.07, 6.45) is 3.89. The van der Waals surface area contributed by atoms with Crippen LogP contribution in [-0.2, 0) is 10.8 Å². The Balaban J connectivity index is 2.45. The number of halogens is 1. The molecule has 0 saturated heterocycles. The van der Waals surface area contributed by atoms with Gasteiger partial charge in [0.1, 0.15) is 0 Å². The second-order valence-electron chi connectivity index (χ2n) is 5.62. The summed E-state index contributed by atoms with van der Waals surface area (Å²) in [6, 6.07) is 9.81. The third-order valence-electron chi connectivity index (χ3n) is 3.09. The van der Waals surface area contributed by atoms with Gasteiger partial charge in [-0.05, 0) is 50.2 Å². The van der Waals surface area contributed by atoms with E-state index in [4.69, 9.17) is 4.43 Å². The lowest BCUT2D eigenvalue weighted by Crippen LogP contribution is -2.35. The topological polar surface area (TPSA) is 9.23 Å². The van der Waals surface area contributed by atoms with E-state index in [0.717, 1.165) is 10.9 Å². The SMILES string of the molecule is CCCC[Si](C)(C)OC(C)Cc1ccc(Br)cc1. The van der Waals surface area contributed by atoms with E-state index in [9.17, 15) is 0 Å². The number of rotatable bonds is 7. The van der Waals surface area contributed by atoms with E-state index < -0.39 is 8.32 Å². The highest BCUT2D eigenvalue weighted by Crippen LogP contribution is 2.19. The Morgan fingerprint density at radius 2 is 1.83 bits per heavy atom. The molecule has 0 heterocycles. The molecule has 3 heteroatoms. The molecule has 1 atom stereocenters. The maximum absolute atomic E-state index is 6.30. The van der Waals surface area contributed by atoms with Crippen LogP contribution in [0.15, 0.2) is 28.7 Å². The molecule has 18 heavy (non-hydrogen) atoms. The quantitative estimate of drug-likeness (QED) is 0.608. The van der Waals surface area contributed by atoms with Crippen LogP contribution in [0, 0.1) is 0 Å². The lowest BCUT2D eigenvalue weighted by atomic mass is 10.1. The molecule has 0 aromatic heterocycles. The van der Waals surface area contributed by atoms with Crippen LogP contribution in [0.25, 0.3) is 0 Å². The summed E-state index contributed by atoms with van der Waals surface area (Å²) in [4.78, 5) is 0. The van der Waals surface area contributed by atoms with Crippen LogP contribution in [-0.4, -0.2) is 14.4 Å². The predicted octanol–water partition coefficient (Wildman–Crippen LogP) is 5.40. The van der Waals surface area contributed by atoms with Gasteiger partial charge in [-0.2, -0.15) is 0 Å². The molecule has 0 spiro atoms. The molecule has 1 aromatic carbocycles. The minimum Gasteiger partial charge on any atom is -0.414 e. The standard InChI is InChI=1S/C15H25BrOSi/c1-5-6-11-18(3,4)17-13(2)12-14-7-9-15(16)10-8-14/h7-10,13H,5-6,11-12H2,1-4H3. The molecule has 0 fully saturated rings. The van der Waals surface area contributed by atoms with Gasteiger partial charge in [0.25, 0.3) is 0 Å². The summed E-state index contributed by atoms with van der Waals surface area (Å²) in [5.41, 5.74) is 1.35. The van der Waals surface area contributed by atoms with E-state index in [0.29, 0.717) is 6.10 Å². The molecule has 0 radical (unpaired) electrons. The van der Waals surface area contributed by atoms with E-state index >= 15 is 0 Å². The van der Waals surface area contributed by atoms with Crippen molar-refractivity contribution in [2.75, 3.05) is 0 Å². The van der Waals surface area contributed by atoms with Crippen molar-refractivity contribution in [1.29, 1.82) is 0 Å². The van der Waals surface area contributed by atoms with Gasteiger partial charge >= 0.3 is 0 Å². The van der Waals surface area contributed by atoms with Crippen molar-refractivity contribution < 1.29 is 4.43 Å². The van der Waals surface area contributed by atoms with Gasteiger partial charge in [0.15, 0.2) is 8.32 Å². The van der Waals surface area contributed by atoms with Gasteiger partial charge in [-0.15, -0.1) is 0 Å². The zero-order valence-electron chi connectivity index (χ0n) is 12.0. The maximum Gasteiger partial charge on any atom is 0.187 e. The van der Waals surface area contributed by atoms with Crippen LogP contribution >= 0.6 is 15.9 Å². The van der Waals surface area contributed by atoms with Gasteiger partial charge in [0, 0.05) is 10.6 Å². The molecule has 0 aliphatic carbocycles. The number of hydrogen-bond donors (Lipinski definition) is 0. The highest BCUT2D eigenvalue weighted by Gasteiger charge is 2.24. The Bertz CT molecular complexity index is 348. The van der Waals surface area contributed by atoms with E-state index in [1.165, 1.54) is 24.4 Å². The summed E-state index contributed by atoms with van der Waals surface area (Å²) in [6.45, 7) is 9.11. The molecule has 1 rings (SSSR count). The molecule has 102 valence electrons. The molecule has 0 aliphatic rings. The third kappa shape index (κ3) is 6.16. The first-order valence-corrected chi connectivity index (χ1v) is 10.8. The van der Waals surface area contributed by atoms with E-state index in [1.807, 2.05) is 0 Å². The zero-order chi connectivity index (χ0) is 13.6. The van der Waals surface area contributed by atoms with Crippen molar-refractivity contribution >= 4 is 24.2 Å². The lowest BCUT2D eigenvalue weighted by molar-refractivity contribution is 0.211. The number of hydrogen-bond acceptors (Lipinski definition) is 1. The zero-order valence-corrected chi connectivity index (χ0v) is 14.6. The first-order chi connectivity index (χ1) is 8.43. The van der Waals surface area contributed by atoms with Crippen molar-refractivity contribution in [2.24, 2.45) is 0 Å². The van der Waals surface area contributed by atoms with Crippen LogP contribution in [0.5, 0.6) is 0 Å². The summed E-state index contributed by atoms with van der Waals surface area (Å²) >= 11 is 3.46.